The quantitative estimate of drug-likeness (QED) is 0.124. The van der Waals surface area contributed by atoms with E-state index in [4.69, 9.17) is 0 Å². The summed E-state index contributed by atoms with van der Waals surface area (Å²) in [6, 6.07) is 0. The average Bonchev–Trinajstić information content (AvgIpc) is 3.17. The smallest absolute Gasteiger partial charge is 0.100 e. The minimum atomic E-state index is 0.622. The summed E-state index contributed by atoms with van der Waals surface area (Å²) < 4.78 is 0. The molecular weight excluding hydrogens is 400 g/mol. The minimum Gasteiger partial charge on any atom is -0.359 e. The zero-order chi connectivity index (χ0) is 23.8. The summed E-state index contributed by atoms with van der Waals surface area (Å²) in [5.41, 5.74) is 0. The van der Waals surface area contributed by atoms with Gasteiger partial charge in [0.15, 0.2) is 0 Å². The highest BCUT2D eigenvalue weighted by Gasteiger charge is 2.22. The fraction of sp³-hybridized carbons (Fsp3) is 0.935. The molecule has 2 nitrogen and oxygen atoms in total. The topological polar surface area (TPSA) is 6.48 Å². The van der Waals surface area contributed by atoms with Crippen molar-refractivity contribution >= 4 is 0 Å². The Kier molecular flexibility index (Phi) is 21.3. The van der Waals surface area contributed by atoms with Crippen molar-refractivity contribution in [1.82, 2.24) is 9.80 Å². The van der Waals surface area contributed by atoms with Gasteiger partial charge in [-0.3, -0.25) is 0 Å². The van der Waals surface area contributed by atoms with Gasteiger partial charge in [-0.05, 0) is 19.3 Å². The highest BCUT2D eigenvalue weighted by Crippen LogP contribution is 2.21. The lowest BCUT2D eigenvalue weighted by molar-refractivity contribution is 0.159. The molecule has 0 saturated carbocycles. The van der Waals surface area contributed by atoms with E-state index in [1.54, 1.807) is 0 Å². The van der Waals surface area contributed by atoms with Crippen molar-refractivity contribution in [3.8, 4) is 0 Å². The molecule has 2 heteroatoms. The Labute approximate surface area is 210 Å². The maximum absolute atomic E-state index is 2.62. The van der Waals surface area contributed by atoms with E-state index in [1.165, 1.54) is 161 Å². The SMILES string of the molecule is CCCCCCCCCCCCCCCCN1C=CN(C)C1CCCCCCCCCCC. The zero-order valence-corrected chi connectivity index (χ0v) is 23.3. The molecule has 1 rings (SSSR count). The minimum absolute atomic E-state index is 0.622. The maximum Gasteiger partial charge on any atom is 0.100 e. The summed E-state index contributed by atoms with van der Waals surface area (Å²) in [5.74, 6) is 0. The Balaban J connectivity index is 1.91. The number of unbranched alkanes of at least 4 members (excludes halogenated alkanes) is 21. The Bertz CT molecular complexity index is 419. The monoisotopic (exact) mass is 462 g/mol. The Morgan fingerprint density at radius 1 is 0.455 bits per heavy atom. The van der Waals surface area contributed by atoms with Gasteiger partial charge in [-0.15, -0.1) is 0 Å². The summed E-state index contributed by atoms with van der Waals surface area (Å²) in [6.07, 6.45) is 39.7. The first-order valence-electron chi connectivity index (χ1n) is 15.5. The highest BCUT2D eigenvalue weighted by molar-refractivity contribution is 4.95. The van der Waals surface area contributed by atoms with Crippen LogP contribution in [0.1, 0.15) is 168 Å². The molecule has 1 aliphatic rings. The van der Waals surface area contributed by atoms with Gasteiger partial charge < -0.3 is 9.80 Å². The third-order valence-corrected chi connectivity index (χ3v) is 7.68. The lowest BCUT2D eigenvalue weighted by atomic mass is 10.0. The van der Waals surface area contributed by atoms with E-state index < -0.39 is 0 Å². The fourth-order valence-corrected chi connectivity index (χ4v) is 5.34. The summed E-state index contributed by atoms with van der Waals surface area (Å²) >= 11 is 0. The molecule has 0 saturated heterocycles. The van der Waals surface area contributed by atoms with Gasteiger partial charge in [0.05, 0.1) is 0 Å². The molecule has 0 aromatic heterocycles. The lowest BCUT2D eigenvalue weighted by Gasteiger charge is -2.30. The van der Waals surface area contributed by atoms with Gasteiger partial charge in [-0.1, -0.05) is 149 Å². The Hall–Kier alpha value is -0.660. The van der Waals surface area contributed by atoms with Crippen molar-refractivity contribution in [2.75, 3.05) is 13.6 Å². The highest BCUT2D eigenvalue weighted by atomic mass is 15.4. The summed E-state index contributed by atoms with van der Waals surface area (Å²) in [5, 5.41) is 0. The van der Waals surface area contributed by atoms with Gasteiger partial charge in [0.2, 0.25) is 0 Å². The first-order chi connectivity index (χ1) is 16.3. The normalized spacial score (nSPS) is 15.8. The molecule has 0 N–H and O–H groups in total. The van der Waals surface area contributed by atoms with E-state index in [2.05, 4.69) is 43.1 Å². The number of hydrogen-bond donors (Lipinski definition) is 0. The summed E-state index contributed by atoms with van der Waals surface area (Å²) in [4.78, 5) is 5.06. The van der Waals surface area contributed by atoms with Crippen LogP contribution in [0.5, 0.6) is 0 Å². The first-order valence-corrected chi connectivity index (χ1v) is 15.5. The van der Waals surface area contributed by atoms with Gasteiger partial charge in [0, 0.05) is 26.0 Å². The van der Waals surface area contributed by atoms with E-state index in [0.717, 1.165) is 0 Å². The van der Waals surface area contributed by atoms with Gasteiger partial charge in [-0.2, -0.15) is 0 Å². The van der Waals surface area contributed by atoms with Crippen LogP contribution in [0.15, 0.2) is 12.4 Å². The molecule has 0 aromatic carbocycles. The summed E-state index contributed by atoms with van der Waals surface area (Å²) in [6.45, 7) is 5.86. The van der Waals surface area contributed by atoms with Crippen LogP contribution in [0.3, 0.4) is 0 Å². The van der Waals surface area contributed by atoms with Crippen LogP contribution in [0.25, 0.3) is 0 Å². The predicted octanol–water partition coefficient (Wildman–Crippen LogP) is 10.4. The average molecular weight is 463 g/mol. The largest absolute Gasteiger partial charge is 0.359 e. The molecular formula is C31H62N2. The molecule has 0 spiro atoms. The second-order valence-corrected chi connectivity index (χ2v) is 10.9. The Morgan fingerprint density at radius 2 is 0.818 bits per heavy atom. The third kappa shape index (κ3) is 17.4. The molecule has 0 aliphatic carbocycles. The van der Waals surface area contributed by atoms with Gasteiger partial charge in [0.1, 0.15) is 6.17 Å². The first kappa shape index (κ1) is 30.4. The van der Waals surface area contributed by atoms with Crippen molar-refractivity contribution in [2.24, 2.45) is 0 Å². The number of rotatable bonds is 25. The molecule has 0 amide bonds. The van der Waals surface area contributed by atoms with Gasteiger partial charge >= 0.3 is 0 Å². The molecule has 196 valence electrons. The molecule has 1 atom stereocenters. The van der Waals surface area contributed by atoms with E-state index in [0.29, 0.717) is 6.17 Å². The van der Waals surface area contributed by atoms with Crippen LogP contribution < -0.4 is 0 Å². The van der Waals surface area contributed by atoms with Crippen LogP contribution in [0.4, 0.5) is 0 Å². The van der Waals surface area contributed by atoms with E-state index >= 15 is 0 Å². The van der Waals surface area contributed by atoms with Crippen molar-refractivity contribution in [1.29, 1.82) is 0 Å². The molecule has 0 bridgehead atoms. The van der Waals surface area contributed by atoms with Crippen molar-refractivity contribution < 1.29 is 0 Å². The molecule has 33 heavy (non-hydrogen) atoms. The third-order valence-electron chi connectivity index (χ3n) is 7.68. The number of hydrogen-bond acceptors (Lipinski definition) is 2. The van der Waals surface area contributed by atoms with E-state index in [1.807, 2.05) is 0 Å². The second kappa shape index (κ2) is 23.1. The molecule has 1 unspecified atom stereocenters. The lowest BCUT2D eigenvalue weighted by Crippen LogP contribution is -2.37. The maximum atomic E-state index is 2.62. The molecule has 0 radical (unpaired) electrons. The Morgan fingerprint density at radius 3 is 1.24 bits per heavy atom. The van der Waals surface area contributed by atoms with Crippen molar-refractivity contribution in [3.05, 3.63) is 12.4 Å². The van der Waals surface area contributed by atoms with Crippen LogP contribution in [0.2, 0.25) is 0 Å². The van der Waals surface area contributed by atoms with Crippen molar-refractivity contribution in [3.63, 3.8) is 0 Å². The van der Waals surface area contributed by atoms with E-state index in [-0.39, 0.29) is 0 Å². The fourth-order valence-electron chi connectivity index (χ4n) is 5.34. The van der Waals surface area contributed by atoms with Crippen LogP contribution in [-0.2, 0) is 0 Å². The van der Waals surface area contributed by atoms with Crippen LogP contribution in [0, 0.1) is 0 Å². The standard InChI is InChI=1S/C31H62N2/c1-4-6-8-10-12-14-15-16-17-18-20-22-24-26-28-33-30-29-32(3)31(33)27-25-23-21-19-13-11-9-7-5-2/h29-31H,4-28H2,1-3H3. The van der Waals surface area contributed by atoms with Crippen molar-refractivity contribution in [2.45, 2.75) is 174 Å². The molecule has 0 aromatic rings. The van der Waals surface area contributed by atoms with Crippen LogP contribution in [-0.4, -0.2) is 29.6 Å². The zero-order valence-electron chi connectivity index (χ0n) is 23.3. The van der Waals surface area contributed by atoms with Crippen LogP contribution >= 0.6 is 0 Å². The predicted molar refractivity (Wildman–Crippen MR) is 150 cm³/mol. The van der Waals surface area contributed by atoms with E-state index in [9.17, 15) is 0 Å². The molecule has 0 fully saturated rings. The summed E-state index contributed by atoms with van der Waals surface area (Å²) in [7, 11) is 2.26. The molecule has 1 aliphatic heterocycles. The van der Waals surface area contributed by atoms with Gasteiger partial charge in [-0.25, -0.2) is 0 Å². The van der Waals surface area contributed by atoms with Gasteiger partial charge in [0.25, 0.3) is 0 Å². The second-order valence-electron chi connectivity index (χ2n) is 10.9. The number of nitrogens with zero attached hydrogens (tertiary/aromatic N) is 2. The molecule has 1 heterocycles.